The van der Waals surface area contributed by atoms with Crippen LogP contribution in [0.3, 0.4) is 0 Å². The number of amides is 1. The standard InChI is InChI=1S/C22H25FN4O2/c1-15-18(13-25-27(15)20-8-6-5-7-19(20)23)22(28)24-14-21(26(2)3)16-9-11-17(29-4)12-10-16/h5-13,21H,14H2,1-4H3,(H,24,28). The lowest BCUT2D eigenvalue weighted by molar-refractivity contribution is 0.0941. The summed E-state index contributed by atoms with van der Waals surface area (Å²) >= 11 is 0. The summed E-state index contributed by atoms with van der Waals surface area (Å²) in [5, 5.41) is 7.17. The molecule has 3 aromatic rings. The fourth-order valence-electron chi connectivity index (χ4n) is 3.21. The number of likely N-dealkylation sites (N-methyl/N-ethyl adjacent to an activating group) is 1. The summed E-state index contributed by atoms with van der Waals surface area (Å²) in [5.74, 6) is 0.148. The first-order valence-corrected chi connectivity index (χ1v) is 9.30. The van der Waals surface area contributed by atoms with Crippen molar-refractivity contribution in [2.45, 2.75) is 13.0 Å². The number of hydrogen-bond acceptors (Lipinski definition) is 4. The van der Waals surface area contributed by atoms with Gasteiger partial charge >= 0.3 is 0 Å². The third kappa shape index (κ3) is 4.46. The van der Waals surface area contributed by atoms with Gasteiger partial charge in [0.2, 0.25) is 0 Å². The van der Waals surface area contributed by atoms with Gasteiger partial charge in [-0.3, -0.25) is 4.79 Å². The lowest BCUT2D eigenvalue weighted by Crippen LogP contribution is -2.34. The molecule has 6 nitrogen and oxygen atoms in total. The van der Waals surface area contributed by atoms with E-state index in [9.17, 15) is 9.18 Å². The molecule has 0 saturated heterocycles. The number of hydrogen-bond donors (Lipinski definition) is 1. The first-order valence-electron chi connectivity index (χ1n) is 9.30. The van der Waals surface area contributed by atoms with E-state index < -0.39 is 5.82 Å². The van der Waals surface area contributed by atoms with Crippen LogP contribution in [0.5, 0.6) is 5.75 Å². The van der Waals surface area contributed by atoms with E-state index in [4.69, 9.17) is 4.74 Å². The van der Waals surface area contributed by atoms with Crippen molar-refractivity contribution in [1.29, 1.82) is 0 Å². The normalized spacial score (nSPS) is 12.1. The maximum absolute atomic E-state index is 14.1. The van der Waals surface area contributed by atoms with E-state index in [0.717, 1.165) is 11.3 Å². The summed E-state index contributed by atoms with van der Waals surface area (Å²) in [6.07, 6.45) is 1.47. The van der Waals surface area contributed by atoms with Gasteiger partial charge in [-0.25, -0.2) is 9.07 Å². The van der Waals surface area contributed by atoms with E-state index in [2.05, 4.69) is 10.4 Å². The first-order chi connectivity index (χ1) is 13.9. The van der Waals surface area contributed by atoms with Crippen molar-refractivity contribution >= 4 is 5.91 Å². The zero-order valence-corrected chi connectivity index (χ0v) is 17.0. The molecule has 0 aliphatic heterocycles. The molecule has 1 aromatic heterocycles. The maximum Gasteiger partial charge on any atom is 0.254 e. The predicted molar refractivity (Wildman–Crippen MR) is 110 cm³/mol. The molecule has 1 N–H and O–H groups in total. The second-order valence-electron chi connectivity index (χ2n) is 6.97. The van der Waals surface area contributed by atoms with E-state index in [0.29, 0.717) is 23.5 Å². The van der Waals surface area contributed by atoms with Gasteiger partial charge < -0.3 is 15.0 Å². The summed E-state index contributed by atoms with van der Waals surface area (Å²) in [7, 11) is 5.55. The average Bonchev–Trinajstić information content (AvgIpc) is 3.10. The van der Waals surface area contributed by atoms with Crippen LogP contribution in [0.1, 0.15) is 27.7 Å². The van der Waals surface area contributed by atoms with Crippen LogP contribution in [0, 0.1) is 12.7 Å². The van der Waals surface area contributed by atoms with Crippen LogP contribution in [-0.2, 0) is 0 Å². The van der Waals surface area contributed by atoms with Gasteiger partial charge in [-0.15, -0.1) is 0 Å². The van der Waals surface area contributed by atoms with Crippen molar-refractivity contribution in [2.24, 2.45) is 0 Å². The van der Waals surface area contributed by atoms with E-state index in [-0.39, 0.29) is 11.9 Å². The molecule has 0 bridgehead atoms. The van der Waals surface area contributed by atoms with E-state index >= 15 is 0 Å². The fraction of sp³-hybridized carbons (Fsp3) is 0.273. The minimum atomic E-state index is -0.391. The summed E-state index contributed by atoms with van der Waals surface area (Å²) in [4.78, 5) is 14.8. The third-order valence-corrected chi connectivity index (χ3v) is 4.91. The van der Waals surface area contributed by atoms with Gasteiger partial charge in [-0.2, -0.15) is 5.10 Å². The molecule has 152 valence electrons. The quantitative estimate of drug-likeness (QED) is 0.665. The Kier molecular flexibility index (Phi) is 6.29. The van der Waals surface area contributed by atoms with Gasteiger partial charge in [-0.05, 0) is 50.8 Å². The molecule has 7 heteroatoms. The molecular formula is C22H25FN4O2. The minimum Gasteiger partial charge on any atom is -0.497 e. The Hall–Kier alpha value is -3.19. The van der Waals surface area contributed by atoms with Gasteiger partial charge in [-0.1, -0.05) is 24.3 Å². The van der Waals surface area contributed by atoms with Crippen LogP contribution in [0.2, 0.25) is 0 Å². The second-order valence-corrected chi connectivity index (χ2v) is 6.97. The Balaban J connectivity index is 1.75. The van der Waals surface area contributed by atoms with Crippen molar-refractivity contribution in [3.05, 3.63) is 77.4 Å². The number of nitrogens with zero attached hydrogens (tertiary/aromatic N) is 3. The lowest BCUT2D eigenvalue weighted by Gasteiger charge is -2.25. The van der Waals surface area contributed by atoms with Crippen LogP contribution < -0.4 is 10.1 Å². The smallest absolute Gasteiger partial charge is 0.254 e. The van der Waals surface area contributed by atoms with Crippen LogP contribution in [0.25, 0.3) is 5.69 Å². The number of rotatable bonds is 7. The topological polar surface area (TPSA) is 59.4 Å². The Bertz CT molecular complexity index is 983. The van der Waals surface area contributed by atoms with Gasteiger partial charge in [0.1, 0.15) is 17.3 Å². The highest BCUT2D eigenvalue weighted by atomic mass is 19.1. The Morgan fingerprint density at radius 3 is 2.52 bits per heavy atom. The molecule has 0 radical (unpaired) electrons. The molecule has 2 aromatic carbocycles. The minimum absolute atomic E-state index is 0.00762. The predicted octanol–water partition coefficient (Wildman–Crippen LogP) is 3.36. The molecule has 1 unspecified atom stereocenters. The molecule has 0 fully saturated rings. The summed E-state index contributed by atoms with van der Waals surface area (Å²) in [5.41, 5.74) is 2.38. The molecule has 3 rings (SSSR count). The number of aromatic nitrogens is 2. The number of nitrogens with one attached hydrogen (secondary N) is 1. The molecule has 1 amide bonds. The fourth-order valence-corrected chi connectivity index (χ4v) is 3.21. The molecule has 1 atom stereocenters. The molecule has 0 saturated carbocycles. The molecule has 29 heavy (non-hydrogen) atoms. The SMILES string of the molecule is COc1ccc(C(CNC(=O)c2cnn(-c3ccccc3F)c2C)N(C)C)cc1. The van der Waals surface area contributed by atoms with E-state index in [1.165, 1.54) is 16.9 Å². The first kappa shape index (κ1) is 20.5. The van der Waals surface area contributed by atoms with Gasteiger partial charge in [0.15, 0.2) is 0 Å². The van der Waals surface area contributed by atoms with Crippen molar-refractivity contribution in [3.8, 4) is 11.4 Å². The third-order valence-electron chi connectivity index (χ3n) is 4.91. The van der Waals surface area contributed by atoms with Crippen molar-refractivity contribution < 1.29 is 13.9 Å². The van der Waals surface area contributed by atoms with Crippen molar-refractivity contribution in [3.63, 3.8) is 0 Å². The molecule has 0 aliphatic rings. The van der Waals surface area contributed by atoms with Crippen LogP contribution >= 0.6 is 0 Å². The van der Waals surface area contributed by atoms with E-state index in [1.54, 1.807) is 32.2 Å². The highest BCUT2D eigenvalue weighted by Crippen LogP contribution is 2.21. The maximum atomic E-state index is 14.1. The highest BCUT2D eigenvalue weighted by molar-refractivity contribution is 5.95. The number of methoxy groups -OCH3 is 1. The number of para-hydroxylation sites is 1. The summed E-state index contributed by atoms with van der Waals surface area (Å²) in [6.45, 7) is 2.17. The number of carbonyl (C=O) groups is 1. The Morgan fingerprint density at radius 2 is 1.90 bits per heavy atom. The molecule has 0 spiro atoms. The second kappa shape index (κ2) is 8.87. The highest BCUT2D eigenvalue weighted by Gasteiger charge is 2.20. The number of carbonyl (C=O) groups excluding carboxylic acids is 1. The van der Waals surface area contributed by atoms with E-state index in [1.807, 2.05) is 43.3 Å². The van der Waals surface area contributed by atoms with Crippen LogP contribution in [-0.4, -0.2) is 48.3 Å². The number of halogens is 1. The van der Waals surface area contributed by atoms with Gasteiger partial charge in [0, 0.05) is 6.54 Å². The monoisotopic (exact) mass is 396 g/mol. The molecule has 0 aliphatic carbocycles. The average molecular weight is 396 g/mol. The zero-order valence-electron chi connectivity index (χ0n) is 17.0. The summed E-state index contributed by atoms with van der Waals surface area (Å²) in [6, 6.07) is 14.1. The van der Waals surface area contributed by atoms with Gasteiger partial charge in [0.25, 0.3) is 5.91 Å². The van der Waals surface area contributed by atoms with Crippen molar-refractivity contribution in [2.75, 3.05) is 27.7 Å². The van der Waals surface area contributed by atoms with Gasteiger partial charge in [0.05, 0.1) is 30.6 Å². The molecule has 1 heterocycles. The summed E-state index contributed by atoms with van der Waals surface area (Å²) < 4.78 is 20.7. The Labute approximate surface area is 169 Å². The Morgan fingerprint density at radius 1 is 1.21 bits per heavy atom. The van der Waals surface area contributed by atoms with Crippen LogP contribution in [0.4, 0.5) is 4.39 Å². The van der Waals surface area contributed by atoms with Crippen molar-refractivity contribution in [1.82, 2.24) is 20.0 Å². The zero-order chi connectivity index (χ0) is 21.0. The number of benzene rings is 2. The molecular weight excluding hydrogens is 371 g/mol. The lowest BCUT2D eigenvalue weighted by atomic mass is 10.1. The largest absolute Gasteiger partial charge is 0.497 e. The van der Waals surface area contributed by atoms with Crippen LogP contribution in [0.15, 0.2) is 54.7 Å². The number of ether oxygens (including phenoxy) is 1.